The van der Waals surface area contributed by atoms with E-state index in [0.717, 1.165) is 28.9 Å². The number of halogens is 2. The molecule has 0 unspecified atom stereocenters. The predicted molar refractivity (Wildman–Crippen MR) is 74.6 cm³/mol. The maximum absolute atomic E-state index is 5.94. The van der Waals surface area contributed by atoms with Crippen molar-refractivity contribution in [1.82, 2.24) is 9.78 Å². The minimum Gasteiger partial charge on any atom is -0.382 e. The first-order chi connectivity index (χ1) is 8.18. The Labute approximate surface area is 114 Å². The standard InChI is InChI=1S/C12H13BrClN3/c1-9-11(14)8-16-17(9)7-6-15-12-5-3-2-4-10(12)13/h2-5,8,15H,6-7H2,1H3. The van der Waals surface area contributed by atoms with Crippen molar-refractivity contribution in [2.45, 2.75) is 13.5 Å². The second-order valence-electron chi connectivity index (χ2n) is 3.71. The summed E-state index contributed by atoms with van der Waals surface area (Å²) in [6.45, 7) is 3.56. The number of rotatable bonds is 4. The number of anilines is 1. The van der Waals surface area contributed by atoms with Crippen LogP contribution in [0.25, 0.3) is 0 Å². The molecule has 1 heterocycles. The van der Waals surface area contributed by atoms with Gasteiger partial charge in [-0.05, 0) is 35.0 Å². The van der Waals surface area contributed by atoms with Crippen molar-refractivity contribution in [1.29, 1.82) is 0 Å². The van der Waals surface area contributed by atoms with Gasteiger partial charge in [-0.3, -0.25) is 4.68 Å². The smallest absolute Gasteiger partial charge is 0.0814 e. The fraction of sp³-hybridized carbons (Fsp3) is 0.250. The molecule has 0 saturated heterocycles. The van der Waals surface area contributed by atoms with Crippen LogP contribution in [0.3, 0.4) is 0 Å². The molecule has 17 heavy (non-hydrogen) atoms. The third-order valence-electron chi connectivity index (χ3n) is 2.56. The van der Waals surface area contributed by atoms with E-state index in [9.17, 15) is 0 Å². The Morgan fingerprint density at radius 2 is 2.18 bits per heavy atom. The molecule has 0 aliphatic rings. The zero-order chi connectivity index (χ0) is 12.3. The second kappa shape index (κ2) is 5.56. The molecule has 0 saturated carbocycles. The maximum atomic E-state index is 5.94. The third kappa shape index (κ3) is 3.01. The van der Waals surface area contributed by atoms with Gasteiger partial charge in [0.15, 0.2) is 0 Å². The highest BCUT2D eigenvalue weighted by atomic mass is 79.9. The first-order valence-electron chi connectivity index (χ1n) is 5.35. The number of benzene rings is 1. The van der Waals surface area contributed by atoms with Crippen LogP contribution in [0.5, 0.6) is 0 Å². The van der Waals surface area contributed by atoms with E-state index < -0.39 is 0 Å². The average molecular weight is 315 g/mol. The molecule has 0 amide bonds. The SMILES string of the molecule is Cc1c(Cl)cnn1CCNc1ccccc1Br. The van der Waals surface area contributed by atoms with Crippen LogP contribution >= 0.6 is 27.5 Å². The second-order valence-corrected chi connectivity index (χ2v) is 4.97. The summed E-state index contributed by atoms with van der Waals surface area (Å²) >= 11 is 9.43. The molecule has 0 atom stereocenters. The maximum Gasteiger partial charge on any atom is 0.0814 e. The van der Waals surface area contributed by atoms with Crippen LogP contribution in [0.15, 0.2) is 34.9 Å². The predicted octanol–water partition coefficient (Wildman–Crippen LogP) is 3.72. The molecule has 1 aromatic heterocycles. The van der Waals surface area contributed by atoms with Crippen LogP contribution in [0.4, 0.5) is 5.69 Å². The highest BCUT2D eigenvalue weighted by Gasteiger charge is 2.03. The van der Waals surface area contributed by atoms with Gasteiger partial charge in [-0.1, -0.05) is 23.7 Å². The Kier molecular flexibility index (Phi) is 4.07. The van der Waals surface area contributed by atoms with Crippen molar-refractivity contribution >= 4 is 33.2 Å². The summed E-state index contributed by atoms with van der Waals surface area (Å²) in [5.41, 5.74) is 2.09. The van der Waals surface area contributed by atoms with E-state index >= 15 is 0 Å². The number of para-hydroxylation sites is 1. The van der Waals surface area contributed by atoms with Crippen LogP contribution in [0.1, 0.15) is 5.69 Å². The summed E-state index contributed by atoms with van der Waals surface area (Å²) in [6.07, 6.45) is 1.68. The number of aromatic nitrogens is 2. The Morgan fingerprint density at radius 1 is 1.41 bits per heavy atom. The van der Waals surface area contributed by atoms with Gasteiger partial charge < -0.3 is 5.32 Å². The molecule has 0 aliphatic heterocycles. The zero-order valence-electron chi connectivity index (χ0n) is 9.45. The van der Waals surface area contributed by atoms with E-state index in [1.807, 2.05) is 35.9 Å². The number of nitrogens with zero attached hydrogens (tertiary/aromatic N) is 2. The third-order valence-corrected chi connectivity index (χ3v) is 3.62. The highest BCUT2D eigenvalue weighted by Crippen LogP contribution is 2.21. The lowest BCUT2D eigenvalue weighted by molar-refractivity contribution is 0.620. The Balaban J connectivity index is 1.92. The molecule has 2 aromatic rings. The first-order valence-corrected chi connectivity index (χ1v) is 6.52. The molecular weight excluding hydrogens is 302 g/mol. The first kappa shape index (κ1) is 12.5. The summed E-state index contributed by atoms with van der Waals surface area (Å²) in [5, 5.41) is 8.26. The molecular formula is C12H13BrClN3. The lowest BCUT2D eigenvalue weighted by Crippen LogP contribution is -2.12. The lowest BCUT2D eigenvalue weighted by atomic mass is 10.3. The zero-order valence-corrected chi connectivity index (χ0v) is 11.8. The largest absolute Gasteiger partial charge is 0.382 e. The van der Waals surface area contributed by atoms with E-state index in [4.69, 9.17) is 11.6 Å². The molecule has 0 radical (unpaired) electrons. The molecule has 90 valence electrons. The van der Waals surface area contributed by atoms with E-state index in [0.29, 0.717) is 5.02 Å². The summed E-state index contributed by atoms with van der Waals surface area (Å²) in [5.74, 6) is 0. The average Bonchev–Trinajstić information content (AvgIpc) is 2.63. The van der Waals surface area contributed by atoms with E-state index in [1.54, 1.807) is 6.20 Å². The number of hydrogen-bond acceptors (Lipinski definition) is 2. The Bertz CT molecular complexity index is 510. The fourth-order valence-corrected chi connectivity index (χ4v) is 2.12. The van der Waals surface area contributed by atoms with Crippen LogP contribution in [0.2, 0.25) is 5.02 Å². The van der Waals surface area contributed by atoms with Crippen LogP contribution < -0.4 is 5.32 Å². The van der Waals surface area contributed by atoms with Gasteiger partial charge in [0.25, 0.3) is 0 Å². The van der Waals surface area contributed by atoms with Crippen molar-refractivity contribution in [2.75, 3.05) is 11.9 Å². The molecule has 1 N–H and O–H groups in total. The van der Waals surface area contributed by atoms with Crippen LogP contribution in [-0.2, 0) is 6.54 Å². The van der Waals surface area contributed by atoms with Gasteiger partial charge in [0, 0.05) is 16.7 Å². The van der Waals surface area contributed by atoms with Gasteiger partial charge in [-0.2, -0.15) is 5.10 Å². The van der Waals surface area contributed by atoms with Crippen molar-refractivity contribution in [3.05, 3.63) is 45.7 Å². The van der Waals surface area contributed by atoms with Gasteiger partial charge >= 0.3 is 0 Å². The molecule has 3 nitrogen and oxygen atoms in total. The van der Waals surface area contributed by atoms with E-state index in [1.165, 1.54) is 0 Å². The van der Waals surface area contributed by atoms with Gasteiger partial charge in [0.1, 0.15) is 0 Å². The Morgan fingerprint density at radius 3 is 2.82 bits per heavy atom. The van der Waals surface area contributed by atoms with E-state index in [2.05, 4.69) is 26.3 Å². The molecule has 0 aliphatic carbocycles. The summed E-state index contributed by atoms with van der Waals surface area (Å²) in [6, 6.07) is 8.04. The van der Waals surface area contributed by atoms with Crippen molar-refractivity contribution in [2.24, 2.45) is 0 Å². The molecule has 0 spiro atoms. The molecule has 1 aromatic carbocycles. The fourth-order valence-electron chi connectivity index (χ4n) is 1.55. The lowest BCUT2D eigenvalue weighted by Gasteiger charge is -2.09. The van der Waals surface area contributed by atoms with Gasteiger partial charge in [0.05, 0.1) is 23.5 Å². The van der Waals surface area contributed by atoms with Gasteiger partial charge in [-0.15, -0.1) is 0 Å². The van der Waals surface area contributed by atoms with E-state index in [-0.39, 0.29) is 0 Å². The molecule has 0 fully saturated rings. The van der Waals surface area contributed by atoms with Gasteiger partial charge in [-0.25, -0.2) is 0 Å². The summed E-state index contributed by atoms with van der Waals surface area (Å²) in [7, 11) is 0. The van der Waals surface area contributed by atoms with Gasteiger partial charge in [0.2, 0.25) is 0 Å². The normalized spacial score (nSPS) is 10.5. The summed E-state index contributed by atoms with van der Waals surface area (Å²) < 4.78 is 2.96. The Hall–Kier alpha value is -1.000. The molecule has 5 heteroatoms. The highest BCUT2D eigenvalue weighted by molar-refractivity contribution is 9.10. The van der Waals surface area contributed by atoms with Crippen molar-refractivity contribution in [3.8, 4) is 0 Å². The minimum absolute atomic E-state index is 0.714. The topological polar surface area (TPSA) is 29.9 Å². The van der Waals surface area contributed by atoms with Crippen LogP contribution in [-0.4, -0.2) is 16.3 Å². The number of nitrogens with one attached hydrogen (secondary N) is 1. The minimum atomic E-state index is 0.714. The van der Waals surface area contributed by atoms with Crippen LogP contribution in [0, 0.1) is 6.92 Å². The van der Waals surface area contributed by atoms with Crippen molar-refractivity contribution < 1.29 is 0 Å². The summed E-state index contributed by atoms with van der Waals surface area (Å²) in [4.78, 5) is 0. The molecule has 2 rings (SSSR count). The number of hydrogen-bond donors (Lipinski definition) is 1. The molecule has 0 bridgehead atoms. The van der Waals surface area contributed by atoms with Crippen molar-refractivity contribution in [3.63, 3.8) is 0 Å². The quantitative estimate of drug-likeness (QED) is 0.932. The monoisotopic (exact) mass is 313 g/mol.